The first-order valence-corrected chi connectivity index (χ1v) is 8.62. The summed E-state index contributed by atoms with van der Waals surface area (Å²) in [4.78, 5) is 19.7. The molecule has 2 aromatic heterocycles. The summed E-state index contributed by atoms with van der Waals surface area (Å²) < 4.78 is 11.2. The molecule has 7 heteroatoms. The molecule has 4 aromatic rings. The number of benzene rings is 2. The summed E-state index contributed by atoms with van der Waals surface area (Å²) >= 11 is 4.96. The fraction of sp³-hybridized carbons (Fsp3) is 0.0500. The fourth-order valence-electron chi connectivity index (χ4n) is 2.67. The molecule has 27 heavy (non-hydrogen) atoms. The van der Waals surface area contributed by atoms with Gasteiger partial charge in [-0.1, -0.05) is 0 Å². The molecule has 0 aliphatic heterocycles. The van der Waals surface area contributed by atoms with E-state index in [0.717, 1.165) is 11.1 Å². The minimum Gasteiger partial charge on any atom is -0.455 e. The molecule has 0 bridgehead atoms. The van der Waals surface area contributed by atoms with Crippen LogP contribution < -0.4 is 10.1 Å². The number of carbonyl (C=O) groups excluding carboxylic acids is 1. The van der Waals surface area contributed by atoms with Crippen LogP contribution >= 0.6 is 12.2 Å². The third kappa shape index (κ3) is 3.73. The molecule has 0 atom stereocenters. The normalized spacial score (nSPS) is 10.7. The molecule has 2 N–H and O–H groups in total. The lowest BCUT2D eigenvalue weighted by Crippen LogP contribution is -2.11. The Morgan fingerprint density at radius 1 is 1.22 bits per heavy atom. The summed E-state index contributed by atoms with van der Waals surface area (Å²) in [6.07, 6.45) is 3.33. The van der Waals surface area contributed by atoms with Gasteiger partial charge in [0.1, 0.15) is 11.5 Å². The van der Waals surface area contributed by atoms with Crippen molar-refractivity contribution in [2.45, 2.75) is 6.92 Å². The molecule has 0 unspecified atom stereocenters. The van der Waals surface area contributed by atoms with Crippen molar-refractivity contribution in [3.63, 3.8) is 0 Å². The van der Waals surface area contributed by atoms with Crippen LogP contribution in [0.3, 0.4) is 0 Å². The third-order valence-electron chi connectivity index (χ3n) is 3.98. The van der Waals surface area contributed by atoms with Gasteiger partial charge >= 0.3 is 0 Å². The second kappa shape index (κ2) is 7.05. The first-order chi connectivity index (χ1) is 13.1. The summed E-state index contributed by atoms with van der Waals surface area (Å²) in [5, 5.41) is 2.88. The number of hydrogen-bond acceptors (Lipinski definition) is 5. The van der Waals surface area contributed by atoms with Gasteiger partial charge in [0.25, 0.3) is 10.7 Å². The zero-order valence-corrected chi connectivity index (χ0v) is 15.2. The van der Waals surface area contributed by atoms with Gasteiger partial charge in [0.15, 0.2) is 5.58 Å². The lowest BCUT2D eigenvalue weighted by molar-refractivity contribution is 0.102. The molecule has 134 valence electrons. The number of oxazole rings is 1. The summed E-state index contributed by atoms with van der Waals surface area (Å²) in [5.41, 5.74) is 3.34. The lowest BCUT2D eigenvalue weighted by atomic mass is 10.1. The third-order valence-corrected chi connectivity index (χ3v) is 4.16. The molecule has 0 saturated carbocycles. The first-order valence-electron chi connectivity index (χ1n) is 8.21. The average molecular weight is 377 g/mol. The molecular formula is C20H15N3O3S. The molecule has 6 nitrogen and oxygen atoms in total. The van der Waals surface area contributed by atoms with E-state index >= 15 is 0 Å². The average Bonchev–Trinajstić information content (AvgIpc) is 3.04. The van der Waals surface area contributed by atoms with Crippen molar-refractivity contribution in [1.82, 2.24) is 9.97 Å². The Kier molecular flexibility index (Phi) is 4.43. The van der Waals surface area contributed by atoms with Crippen LogP contribution in [0.5, 0.6) is 11.5 Å². The van der Waals surface area contributed by atoms with Crippen molar-refractivity contribution in [2.24, 2.45) is 0 Å². The van der Waals surface area contributed by atoms with Gasteiger partial charge in [-0.3, -0.25) is 9.78 Å². The smallest absolute Gasteiger partial charge is 0.266 e. The van der Waals surface area contributed by atoms with Crippen LogP contribution in [-0.2, 0) is 0 Å². The molecule has 0 fully saturated rings. The SMILES string of the molecule is Cc1cc(NC(=O)c2ccc3[nH]c(=S)oc3c2)ccc1Oc1cccnc1. The van der Waals surface area contributed by atoms with Crippen molar-refractivity contribution < 1.29 is 13.9 Å². The molecule has 0 aliphatic carbocycles. The molecule has 1 amide bonds. The summed E-state index contributed by atoms with van der Waals surface area (Å²) in [7, 11) is 0. The number of ether oxygens (including phenoxy) is 1. The largest absolute Gasteiger partial charge is 0.455 e. The molecule has 0 aliphatic rings. The van der Waals surface area contributed by atoms with E-state index in [1.807, 2.05) is 31.2 Å². The second-order valence-corrected chi connectivity index (χ2v) is 6.32. The monoisotopic (exact) mass is 377 g/mol. The van der Waals surface area contributed by atoms with E-state index in [1.165, 1.54) is 0 Å². The number of carbonyl (C=O) groups is 1. The number of H-pyrrole nitrogens is 1. The fourth-order valence-corrected chi connectivity index (χ4v) is 2.87. The van der Waals surface area contributed by atoms with E-state index < -0.39 is 0 Å². The van der Waals surface area contributed by atoms with E-state index in [0.29, 0.717) is 28.3 Å². The van der Waals surface area contributed by atoms with Gasteiger partial charge in [0.05, 0.1) is 11.7 Å². The highest BCUT2D eigenvalue weighted by Gasteiger charge is 2.10. The van der Waals surface area contributed by atoms with Crippen LogP contribution in [-0.4, -0.2) is 15.9 Å². The standard InChI is InChI=1S/C20H15N3O3S/c1-12-9-14(5-7-17(12)25-15-3-2-8-21-11-15)22-19(24)13-4-6-16-18(10-13)26-20(27)23-16/h2-11H,1H3,(H,22,24)(H,23,27). The van der Waals surface area contributed by atoms with Crippen LogP contribution in [0.25, 0.3) is 11.1 Å². The highest BCUT2D eigenvalue weighted by atomic mass is 32.1. The Morgan fingerprint density at radius 3 is 2.89 bits per heavy atom. The predicted molar refractivity (Wildman–Crippen MR) is 105 cm³/mol. The van der Waals surface area contributed by atoms with Crippen LogP contribution in [0.4, 0.5) is 5.69 Å². The van der Waals surface area contributed by atoms with Gasteiger partial charge in [-0.15, -0.1) is 0 Å². The van der Waals surface area contributed by atoms with Crippen molar-refractivity contribution in [1.29, 1.82) is 0 Å². The number of hydrogen-bond donors (Lipinski definition) is 2. The number of nitrogens with zero attached hydrogens (tertiary/aromatic N) is 1. The van der Waals surface area contributed by atoms with Gasteiger partial charge < -0.3 is 19.5 Å². The van der Waals surface area contributed by atoms with Gasteiger partial charge in [0.2, 0.25) is 0 Å². The highest BCUT2D eigenvalue weighted by Crippen LogP contribution is 2.27. The Balaban J connectivity index is 1.52. The molecule has 4 rings (SSSR count). The van der Waals surface area contributed by atoms with Crippen molar-refractivity contribution in [3.8, 4) is 11.5 Å². The predicted octanol–water partition coefficient (Wildman–Crippen LogP) is 5.24. The number of nitrogens with one attached hydrogen (secondary N) is 2. The number of rotatable bonds is 4. The number of fused-ring (bicyclic) bond motifs is 1. The van der Waals surface area contributed by atoms with E-state index in [9.17, 15) is 4.79 Å². The van der Waals surface area contributed by atoms with Crippen molar-refractivity contribution >= 4 is 34.9 Å². The Bertz CT molecular complexity index is 1180. The van der Waals surface area contributed by atoms with Crippen LogP contribution in [0.2, 0.25) is 0 Å². The van der Waals surface area contributed by atoms with Gasteiger partial charge in [-0.05, 0) is 73.2 Å². The zero-order chi connectivity index (χ0) is 18.8. The Morgan fingerprint density at radius 2 is 2.11 bits per heavy atom. The summed E-state index contributed by atoms with van der Waals surface area (Å²) in [6.45, 7) is 1.91. The summed E-state index contributed by atoms with van der Waals surface area (Å²) in [6, 6.07) is 14.2. The highest BCUT2D eigenvalue weighted by molar-refractivity contribution is 7.71. The number of aromatic nitrogens is 2. The summed E-state index contributed by atoms with van der Waals surface area (Å²) in [5.74, 6) is 1.12. The number of anilines is 1. The quantitative estimate of drug-likeness (QED) is 0.476. The lowest BCUT2D eigenvalue weighted by Gasteiger charge is -2.11. The van der Waals surface area contributed by atoms with Gasteiger partial charge in [-0.25, -0.2) is 0 Å². The molecular weight excluding hydrogens is 362 g/mol. The van der Waals surface area contributed by atoms with Gasteiger partial charge in [-0.2, -0.15) is 0 Å². The van der Waals surface area contributed by atoms with E-state index in [4.69, 9.17) is 21.4 Å². The Hall–Kier alpha value is -3.45. The Labute approximate surface area is 159 Å². The number of aryl methyl sites for hydroxylation is 1. The maximum atomic E-state index is 12.5. The molecule has 0 spiro atoms. The van der Waals surface area contributed by atoms with E-state index in [-0.39, 0.29) is 10.7 Å². The topological polar surface area (TPSA) is 80.2 Å². The molecule has 2 aromatic carbocycles. The minimum atomic E-state index is -0.237. The second-order valence-electron chi connectivity index (χ2n) is 5.95. The van der Waals surface area contributed by atoms with Crippen molar-refractivity contribution in [2.75, 3.05) is 5.32 Å². The zero-order valence-electron chi connectivity index (χ0n) is 14.4. The molecule has 0 saturated heterocycles. The number of pyridine rings is 1. The number of amides is 1. The van der Waals surface area contributed by atoms with Crippen LogP contribution in [0.1, 0.15) is 15.9 Å². The van der Waals surface area contributed by atoms with Crippen molar-refractivity contribution in [3.05, 3.63) is 76.9 Å². The number of aromatic amines is 1. The molecule has 0 radical (unpaired) electrons. The van der Waals surface area contributed by atoms with E-state index in [1.54, 1.807) is 36.7 Å². The first kappa shape index (κ1) is 17.0. The maximum Gasteiger partial charge on any atom is 0.266 e. The van der Waals surface area contributed by atoms with Crippen LogP contribution in [0.15, 0.2) is 65.3 Å². The maximum absolute atomic E-state index is 12.5. The molecule has 2 heterocycles. The van der Waals surface area contributed by atoms with Crippen LogP contribution in [0, 0.1) is 11.8 Å². The van der Waals surface area contributed by atoms with E-state index in [2.05, 4.69) is 15.3 Å². The van der Waals surface area contributed by atoms with Gasteiger partial charge in [0, 0.05) is 17.4 Å². The minimum absolute atomic E-state index is 0.237.